The summed E-state index contributed by atoms with van der Waals surface area (Å²) in [6.45, 7) is 0.224. The highest BCUT2D eigenvalue weighted by Gasteiger charge is 2.27. The molecule has 0 aliphatic carbocycles. The van der Waals surface area contributed by atoms with Gasteiger partial charge in [-0.05, 0) is 42.5 Å². The number of primary amides is 2. The number of nitrogens with one attached hydrogen (secondary N) is 1. The molecule has 0 fully saturated rings. The highest BCUT2D eigenvalue weighted by molar-refractivity contribution is 6.31. The normalized spacial score (nSPS) is 10.9. The molecular weight excluding hydrogens is 511 g/mol. The molecule has 0 aliphatic heterocycles. The first-order valence-corrected chi connectivity index (χ1v) is 11.4. The average Bonchev–Trinajstić information content (AvgIpc) is 3.23. The molecule has 3 aromatic carbocycles. The number of imidazole rings is 1. The Balaban J connectivity index is 2.06. The van der Waals surface area contributed by atoms with Crippen molar-refractivity contribution in [2.45, 2.75) is 6.42 Å². The van der Waals surface area contributed by atoms with E-state index in [9.17, 15) is 14.0 Å². The zero-order valence-corrected chi connectivity index (χ0v) is 20.1. The molecule has 0 aliphatic rings. The number of hydrogen-bond donors (Lipinski definition) is 3. The molecule has 11 heteroatoms. The fourth-order valence-corrected chi connectivity index (χ4v) is 4.08. The van der Waals surface area contributed by atoms with Crippen molar-refractivity contribution < 1.29 is 18.4 Å². The predicted octanol–water partition coefficient (Wildman–Crippen LogP) is 5.18. The maximum Gasteiger partial charge on any atom is 0.269 e. The maximum absolute atomic E-state index is 15.4. The Kier molecular flexibility index (Phi) is 7.23. The zero-order valence-electron chi connectivity index (χ0n) is 18.6. The fourth-order valence-electron chi connectivity index (χ4n) is 3.73. The second-order valence-electron chi connectivity index (χ2n) is 7.72. The Labute approximate surface area is 214 Å². The number of anilines is 1. The van der Waals surface area contributed by atoms with E-state index in [4.69, 9.17) is 34.7 Å². The van der Waals surface area contributed by atoms with Gasteiger partial charge in [-0.3, -0.25) is 14.2 Å². The van der Waals surface area contributed by atoms with Crippen molar-refractivity contribution >= 4 is 40.7 Å². The van der Waals surface area contributed by atoms with Crippen LogP contribution in [0.4, 0.5) is 14.5 Å². The van der Waals surface area contributed by atoms with Gasteiger partial charge in [0.15, 0.2) is 11.5 Å². The third kappa shape index (κ3) is 4.89. The van der Waals surface area contributed by atoms with Crippen molar-refractivity contribution in [3.63, 3.8) is 0 Å². The number of aromatic nitrogens is 2. The van der Waals surface area contributed by atoms with Gasteiger partial charge in [0.25, 0.3) is 5.91 Å². The molecule has 0 bridgehead atoms. The highest BCUT2D eigenvalue weighted by atomic mass is 35.5. The number of halogens is 4. The number of carbonyl (C=O) groups is 2. The summed E-state index contributed by atoms with van der Waals surface area (Å²) in [6, 6.07) is 15.0. The molecule has 4 aromatic rings. The predicted molar refractivity (Wildman–Crippen MR) is 135 cm³/mol. The van der Waals surface area contributed by atoms with Gasteiger partial charge in [0, 0.05) is 29.8 Å². The van der Waals surface area contributed by atoms with Crippen molar-refractivity contribution in [3.05, 3.63) is 88.0 Å². The molecule has 4 rings (SSSR count). The molecule has 1 heterocycles. The topological polar surface area (TPSA) is 116 Å². The standard InChI is InChI=1S/C25H19Cl2F2N5O2/c26-15-5-3-7-19(21(15)29)34-23(13-8-9-17(28)16(27)12-13)22(24(31)36)33-25(34)14-4-1-2-6-18(14)32-11-10-20(30)35/h1-9,12,32H,10-11H2,(H2,30,35)(H2,31,36). The second kappa shape index (κ2) is 10.3. The molecule has 0 atom stereocenters. The monoisotopic (exact) mass is 529 g/mol. The van der Waals surface area contributed by atoms with E-state index in [-0.39, 0.29) is 51.5 Å². The van der Waals surface area contributed by atoms with Crippen molar-refractivity contribution in [3.8, 4) is 28.3 Å². The lowest BCUT2D eigenvalue weighted by atomic mass is 10.1. The first-order chi connectivity index (χ1) is 17.2. The van der Waals surface area contributed by atoms with E-state index in [2.05, 4.69) is 10.3 Å². The minimum atomic E-state index is -0.896. The molecule has 0 spiro atoms. The van der Waals surface area contributed by atoms with Crippen LogP contribution in [0.2, 0.25) is 10.0 Å². The van der Waals surface area contributed by atoms with Gasteiger partial charge in [-0.1, -0.05) is 41.4 Å². The summed E-state index contributed by atoms with van der Waals surface area (Å²) in [4.78, 5) is 28.2. The summed E-state index contributed by atoms with van der Waals surface area (Å²) >= 11 is 12.1. The van der Waals surface area contributed by atoms with Gasteiger partial charge in [0.2, 0.25) is 5.91 Å². The summed E-state index contributed by atoms with van der Waals surface area (Å²) < 4.78 is 30.7. The minimum Gasteiger partial charge on any atom is -0.384 e. The van der Waals surface area contributed by atoms with E-state index in [0.717, 1.165) is 6.07 Å². The molecule has 5 N–H and O–H groups in total. The van der Waals surface area contributed by atoms with Crippen molar-refractivity contribution in [2.24, 2.45) is 11.5 Å². The van der Waals surface area contributed by atoms with E-state index in [1.807, 2.05) is 0 Å². The van der Waals surface area contributed by atoms with Crippen molar-refractivity contribution in [1.82, 2.24) is 9.55 Å². The van der Waals surface area contributed by atoms with Crippen LogP contribution in [0.25, 0.3) is 28.3 Å². The number of carbonyl (C=O) groups excluding carboxylic acids is 2. The van der Waals surface area contributed by atoms with Crippen LogP contribution in [-0.2, 0) is 4.79 Å². The van der Waals surface area contributed by atoms with E-state index in [1.54, 1.807) is 24.3 Å². The number of amides is 2. The number of nitrogens with two attached hydrogens (primary N) is 2. The first kappa shape index (κ1) is 25.2. The number of para-hydroxylation sites is 1. The molecule has 1 aromatic heterocycles. The summed E-state index contributed by atoms with van der Waals surface area (Å²) in [5.41, 5.74) is 12.0. The Morgan fingerprint density at radius 1 is 0.972 bits per heavy atom. The van der Waals surface area contributed by atoms with Crippen molar-refractivity contribution in [1.29, 1.82) is 0 Å². The Bertz CT molecular complexity index is 1490. The number of rotatable bonds is 8. The number of nitrogens with zero attached hydrogens (tertiary/aromatic N) is 2. The fraction of sp³-hybridized carbons (Fsp3) is 0.0800. The molecule has 184 valence electrons. The van der Waals surface area contributed by atoms with Crippen LogP contribution < -0.4 is 16.8 Å². The molecule has 36 heavy (non-hydrogen) atoms. The van der Waals surface area contributed by atoms with Gasteiger partial charge >= 0.3 is 0 Å². The zero-order chi connectivity index (χ0) is 26.0. The average molecular weight is 530 g/mol. The molecule has 2 amide bonds. The maximum atomic E-state index is 15.4. The lowest BCUT2D eigenvalue weighted by molar-refractivity contribution is -0.117. The molecule has 0 unspecified atom stereocenters. The lowest BCUT2D eigenvalue weighted by Crippen LogP contribution is -2.16. The van der Waals surface area contributed by atoms with E-state index < -0.39 is 23.4 Å². The van der Waals surface area contributed by atoms with Crippen LogP contribution >= 0.6 is 23.2 Å². The van der Waals surface area contributed by atoms with Crippen LogP contribution in [-0.4, -0.2) is 27.9 Å². The third-order valence-corrected chi connectivity index (χ3v) is 5.91. The van der Waals surface area contributed by atoms with Crippen LogP contribution in [0.5, 0.6) is 0 Å². The quantitative estimate of drug-likeness (QED) is 0.291. The van der Waals surface area contributed by atoms with E-state index in [0.29, 0.717) is 11.3 Å². The van der Waals surface area contributed by atoms with Crippen LogP contribution in [0, 0.1) is 11.6 Å². The first-order valence-electron chi connectivity index (χ1n) is 10.6. The Hall–Kier alpha value is -3.95. The third-order valence-electron chi connectivity index (χ3n) is 5.33. The SMILES string of the molecule is NC(=O)CCNc1ccccc1-c1nc(C(N)=O)c(-c2ccc(F)c(Cl)c2)n1-c1cccc(Cl)c1F. The molecule has 0 saturated heterocycles. The minimum absolute atomic E-state index is 0.0279. The number of benzene rings is 3. The smallest absolute Gasteiger partial charge is 0.269 e. The van der Waals surface area contributed by atoms with Crippen LogP contribution in [0.3, 0.4) is 0 Å². The Morgan fingerprint density at radius 3 is 2.42 bits per heavy atom. The summed E-state index contributed by atoms with van der Waals surface area (Å²) in [7, 11) is 0. The van der Waals surface area contributed by atoms with E-state index in [1.165, 1.54) is 34.9 Å². The van der Waals surface area contributed by atoms with E-state index >= 15 is 4.39 Å². The molecular formula is C25H19Cl2F2N5O2. The van der Waals surface area contributed by atoms with Crippen LogP contribution in [0.1, 0.15) is 16.9 Å². The molecule has 0 radical (unpaired) electrons. The highest BCUT2D eigenvalue weighted by Crippen LogP contribution is 2.38. The van der Waals surface area contributed by atoms with Crippen LogP contribution in [0.15, 0.2) is 60.7 Å². The summed E-state index contributed by atoms with van der Waals surface area (Å²) in [6.07, 6.45) is 0.0670. The van der Waals surface area contributed by atoms with Gasteiger partial charge in [0.05, 0.1) is 21.4 Å². The van der Waals surface area contributed by atoms with Crippen molar-refractivity contribution in [2.75, 3.05) is 11.9 Å². The number of hydrogen-bond acceptors (Lipinski definition) is 4. The van der Waals surface area contributed by atoms with Gasteiger partial charge in [-0.15, -0.1) is 0 Å². The Morgan fingerprint density at radius 2 is 1.72 bits per heavy atom. The summed E-state index contributed by atoms with van der Waals surface area (Å²) in [5, 5.41) is 2.73. The molecule has 7 nitrogen and oxygen atoms in total. The molecule has 0 saturated carbocycles. The van der Waals surface area contributed by atoms with Gasteiger partial charge in [-0.2, -0.15) is 0 Å². The van der Waals surface area contributed by atoms with Gasteiger partial charge in [-0.25, -0.2) is 13.8 Å². The second-order valence-corrected chi connectivity index (χ2v) is 8.54. The lowest BCUT2D eigenvalue weighted by Gasteiger charge is -2.17. The van der Waals surface area contributed by atoms with Gasteiger partial charge in [0.1, 0.15) is 11.6 Å². The largest absolute Gasteiger partial charge is 0.384 e. The van der Waals surface area contributed by atoms with Gasteiger partial charge < -0.3 is 16.8 Å². The summed E-state index contributed by atoms with van der Waals surface area (Å²) in [5.74, 6) is -2.70.